The van der Waals surface area contributed by atoms with Crippen LogP contribution in [0.2, 0.25) is 5.02 Å². The summed E-state index contributed by atoms with van der Waals surface area (Å²) in [6.07, 6.45) is 8.77. The van der Waals surface area contributed by atoms with E-state index in [-0.39, 0.29) is 4.90 Å². The molecule has 0 N–H and O–H groups in total. The van der Waals surface area contributed by atoms with Gasteiger partial charge < -0.3 is 4.90 Å². The van der Waals surface area contributed by atoms with Crippen molar-refractivity contribution >= 4 is 27.8 Å². The molecule has 130 valence electrons. The molecule has 1 aromatic rings. The fourth-order valence-electron chi connectivity index (χ4n) is 2.55. The van der Waals surface area contributed by atoms with Gasteiger partial charge in [0.25, 0.3) is 10.0 Å². The van der Waals surface area contributed by atoms with E-state index in [1.54, 1.807) is 18.2 Å². The van der Waals surface area contributed by atoms with Crippen LogP contribution in [0.25, 0.3) is 0 Å². The molecule has 0 radical (unpaired) electrons. The predicted molar refractivity (Wildman–Crippen MR) is 100 cm³/mol. The van der Waals surface area contributed by atoms with Gasteiger partial charge in [-0.2, -0.15) is 12.8 Å². The van der Waals surface area contributed by atoms with E-state index in [2.05, 4.69) is 15.4 Å². The Morgan fingerprint density at radius 3 is 2.33 bits per heavy atom. The summed E-state index contributed by atoms with van der Waals surface area (Å²) in [6, 6.07) is 6.00. The summed E-state index contributed by atoms with van der Waals surface area (Å²) in [5.74, 6) is 0. The first-order chi connectivity index (χ1) is 11.4. The number of piperidine rings is 1. The van der Waals surface area contributed by atoms with Crippen molar-refractivity contribution in [1.29, 1.82) is 0 Å². The molecule has 0 spiro atoms. The highest BCUT2D eigenvalue weighted by Gasteiger charge is 2.13. The molecule has 0 aromatic heterocycles. The molecule has 0 bridgehead atoms. The Morgan fingerprint density at radius 1 is 1.12 bits per heavy atom. The maximum atomic E-state index is 12.2. The van der Waals surface area contributed by atoms with Crippen LogP contribution in [0, 0.1) is 0 Å². The summed E-state index contributed by atoms with van der Waals surface area (Å²) < 4.78 is 28.2. The minimum absolute atomic E-state index is 0.137. The quantitative estimate of drug-likeness (QED) is 0.572. The standard InChI is InChI=1S/C18H23ClN2O2S/c1-15(2)14-17(21-12-4-3-5-13-21)10-11-20-24(22,23)18-8-6-16(19)7-9-18/h6-11,14H,3-5,12-13H2,1-2H3/b17-10+,20-11?. The lowest BCUT2D eigenvalue weighted by molar-refractivity contribution is 0.293. The molecule has 1 heterocycles. The molecule has 0 aliphatic carbocycles. The van der Waals surface area contributed by atoms with E-state index in [4.69, 9.17) is 11.6 Å². The van der Waals surface area contributed by atoms with Crippen LogP contribution in [0.5, 0.6) is 0 Å². The highest BCUT2D eigenvalue weighted by molar-refractivity contribution is 7.90. The molecule has 1 aromatic carbocycles. The summed E-state index contributed by atoms with van der Waals surface area (Å²) in [6.45, 7) is 6.04. The van der Waals surface area contributed by atoms with E-state index in [9.17, 15) is 8.42 Å². The highest BCUT2D eigenvalue weighted by Crippen LogP contribution is 2.18. The van der Waals surface area contributed by atoms with E-state index < -0.39 is 10.0 Å². The van der Waals surface area contributed by atoms with Crippen LogP contribution in [0.4, 0.5) is 0 Å². The van der Waals surface area contributed by atoms with Crippen molar-refractivity contribution in [3.8, 4) is 0 Å². The molecular formula is C18H23ClN2O2S. The number of sulfonamides is 1. The Hall–Kier alpha value is -1.59. The average Bonchev–Trinajstić information content (AvgIpc) is 2.54. The zero-order valence-corrected chi connectivity index (χ0v) is 15.6. The number of hydrogen-bond donors (Lipinski definition) is 0. The van der Waals surface area contributed by atoms with Gasteiger partial charge in [0.15, 0.2) is 0 Å². The van der Waals surface area contributed by atoms with E-state index in [1.165, 1.54) is 30.3 Å². The maximum absolute atomic E-state index is 12.2. The van der Waals surface area contributed by atoms with Gasteiger partial charge in [-0.15, -0.1) is 0 Å². The fraction of sp³-hybridized carbons (Fsp3) is 0.389. The normalized spacial score (nSPS) is 16.5. The molecule has 1 saturated heterocycles. The lowest BCUT2D eigenvalue weighted by Crippen LogP contribution is -2.28. The Labute approximate surface area is 149 Å². The van der Waals surface area contributed by atoms with Crippen molar-refractivity contribution in [1.82, 2.24) is 4.90 Å². The second-order valence-corrected chi connectivity index (χ2v) is 8.11. The second-order valence-electron chi connectivity index (χ2n) is 6.04. The number of halogens is 1. The lowest BCUT2D eigenvalue weighted by Gasteiger charge is -2.29. The average molecular weight is 367 g/mol. The number of benzene rings is 1. The third-order valence-corrected chi connectivity index (χ3v) is 5.23. The van der Waals surface area contributed by atoms with Crippen LogP contribution in [0.1, 0.15) is 33.1 Å². The van der Waals surface area contributed by atoms with Crippen LogP contribution in [0.15, 0.2) is 57.0 Å². The van der Waals surface area contributed by atoms with Crippen LogP contribution < -0.4 is 0 Å². The molecule has 0 amide bonds. The van der Waals surface area contributed by atoms with Crippen LogP contribution in [0.3, 0.4) is 0 Å². The molecule has 2 rings (SSSR count). The van der Waals surface area contributed by atoms with Gasteiger partial charge in [0.1, 0.15) is 0 Å². The number of rotatable bonds is 5. The second kappa shape index (κ2) is 8.49. The van der Waals surface area contributed by atoms with Gasteiger partial charge in [-0.3, -0.25) is 0 Å². The highest BCUT2D eigenvalue weighted by atomic mass is 35.5. The van der Waals surface area contributed by atoms with Crippen molar-refractivity contribution in [2.45, 2.75) is 38.0 Å². The van der Waals surface area contributed by atoms with Gasteiger partial charge in [-0.25, -0.2) is 0 Å². The summed E-state index contributed by atoms with van der Waals surface area (Å²) in [5.41, 5.74) is 2.17. The molecule has 4 nitrogen and oxygen atoms in total. The SMILES string of the molecule is CC(C)=C/C(=C\C=NS(=O)(=O)c1ccc(Cl)cc1)N1CCCCC1. The summed E-state index contributed by atoms with van der Waals surface area (Å²) in [7, 11) is -3.70. The predicted octanol–water partition coefficient (Wildman–Crippen LogP) is 4.44. The van der Waals surface area contributed by atoms with Gasteiger partial charge in [0.05, 0.1) is 4.90 Å². The van der Waals surface area contributed by atoms with Gasteiger partial charge in [0.2, 0.25) is 0 Å². The van der Waals surface area contributed by atoms with Gasteiger partial charge in [0, 0.05) is 30.0 Å². The largest absolute Gasteiger partial charge is 0.371 e. The smallest absolute Gasteiger partial charge is 0.282 e. The van der Waals surface area contributed by atoms with Crippen LogP contribution in [-0.2, 0) is 10.0 Å². The summed E-state index contributed by atoms with van der Waals surface area (Å²) in [4.78, 5) is 2.41. The summed E-state index contributed by atoms with van der Waals surface area (Å²) in [5, 5.41) is 0.494. The molecule has 6 heteroatoms. The Kier molecular flexibility index (Phi) is 6.63. The Morgan fingerprint density at radius 2 is 1.75 bits per heavy atom. The molecule has 1 aliphatic rings. The van der Waals surface area contributed by atoms with Crippen molar-refractivity contribution < 1.29 is 8.42 Å². The molecular weight excluding hydrogens is 344 g/mol. The molecule has 0 atom stereocenters. The Balaban J connectivity index is 2.21. The molecule has 1 fully saturated rings. The monoisotopic (exact) mass is 366 g/mol. The molecule has 1 aliphatic heterocycles. The van der Waals surface area contributed by atoms with Gasteiger partial charge in [-0.1, -0.05) is 17.2 Å². The maximum Gasteiger partial charge on any atom is 0.282 e. The van der Waals surface area contributed by atoms with Crippen LogP contribution >= 0.6 is 11.6 Å². The van der Waals surface area contributed by atoms with Crippen molar-refractivity contribution in [2.24, 2.45) is 4.40 Å². The Bertz CT molecular complexity index is 740. The number of hydrogen-bond acceptors (Lipinski definition) is 3. The van der Waals surface area contributed by atoms with Crippen molar-refractivity contribution in [3.63, 3.8) is 0 Å². The number of likely N-dealkylation sites (tertiary alicyclic amines) is 1. The van der Waals surface area contributed by atoms with Crippen molar-refractivity contribution in [2.75, 3.05) is 13.1 Å². The third kappa shape index (κ3) is 5.49. The zero-order valence-electron chi connectivity index (χ0n) is 14.1. The zero-order chi connectivity index (χ0) is 17.6. The first-order valence-electron chi connectivity index (χ1n) is 8.04. The minimum atomic E-state index is -3.70. The molecule has 0 saturated carbocycles. The minimum Gasteiger partial charge on any atom is -0.371 e. The topological polar surface area (TPSA) is 49.7 Å². The fourth-order valence-corrected chi connectivity index (χ4v) is 3.50. The summed E-state index contributed by atoms with van der Waals surface area (Å²) >= 11 is 5.79. The van der Waals surface area contributed by atoms with E-state index in [0.29, 0.717) is 5.02 Å². The van der Waals surface area contributed by atoms with Crippen LogP contribution in [-0.4, -0.2) is 32.6 Å². The van der Waals surface area contributed by atoms with Gasteiger partial charge in [-0.05, 0) is 69.5 Å². The van der Waals surface area contributed by atoms with E-state index >= 15 is 0 Å². The lowest BCUT2D eigenvalue weighted by atomic mass is 10.1. The van der Waals surface area contributed by atoms with Crippen molar-refractivity contribution in [3.05, 3.63) is 52.7 Å². The van der Waals surface area contributed by atoms with E-state index in [0.717, 1.165) is 31.6 Å². The van der Waals surface area contributed by atoms with E-state index in [1.807, 2.05) is 13.8 Å². The third-order valence-electron chi connectivity index (χ3n) is 3.71. The first kappa shape index (κ1) is 18.7. The molecule has 24 heavy (non-hydrogen) atoms. The van der Waals surface area contributed by atoms with Gasteiger partial charge >= 0.3 is 0 Å². The number of nitrogens with zero attached hydrogens (tertiary/aromatic N) is 2. The first-order valence-corrected chi connectivity index (χ1v) is 9.86. The number of allylic oxidation sites excluding steroid dienone is 3. The molecule has 0 unspecified atom stereocenters.